The van der Waals surface area contributed by atoms with Crippen LogP contribution < -0.4 is 0 Å². The highest BCUT2D eigenvalue weighted by Crippen LogP contribution is 2.14. The van der Waals surface area contributed by atoms with Crippen LogP contribution in [0.2, 0.25) is 0 Å². The third-order valence-corrected chi connectivity index (χ3v) is 2.51. The first-order chi connectivity index (χ1) is 6.81. The zero-order chi connectivity index (χ0) is 9.97. The van der Waals surface area contributed by atoms with Gasteiger partial charge in [-0.05, 0) is 0 Å². The summed E-state index contributed by atoms with van der Waals surface area (Å²) in [5.41, 5.74) is 1.85. The minimum absolute atomic E-state index is 0.0913. The minimum Gasteiger partial charge on any atom is -0.336 e. The summed E-state index contributed by atoms with van der Waals surface area (Å²) >= 11 is 5.51. The summed E-state index contributed by atoms with van der Waals surface area (Å²) in [6.45, 7) is 1.27. The van der Waals surface area contributed by atoms with Crippen LogP contribution in [-0.4, -0.2) is 38.6 Å². The molecule has 1 aliphatic rings. The number of fused-ring (bicyclic) bond motifs is 1. The lowest BCUT2D eigenvalue weighted by Crippen LogP contribution is -2.36. The molecule has 0 aliphatic carbocycles. The number of H-pyrrole nitrogens is 1. The molecule has 2 heterocycles. The van der Waals surface area contributed by atoms with E-state index in [4.69, 9.17) is 11.6 Å². The Labute approximate surface area is 86.4 Å². The maximum Gasteiger partial charge on any atom is 0.224 e. The molecule has 0 saturated carbocycles. The molecule has 1 aliphatic heterocycles. The maximum absolute atomic E-state index is 11.5. The lowest BCUT2D eigenvalue weighted by atomic mass is 10.1. The van der Waals surface area contributed by atoms with E-state index in [0.717, 1.165) is 24.4 Å². The van der Waals surface area contributed by atoms with Gasteiger partial charge in [-0.1, -0.05) is 0 Å². The van der Waals surface area contributed by atoms with Crippen molar-refractivity contribution in [1.29, 1.82) is 0 Å². The smallest absolute Gasteiger partial charge is 0.224 e. The fraction of sp³-hybridized carbons (Fsp3) is 0.625. The van der Waals surface area contributed by atoms with E-state index in [-0.39, 0.29) is 5.91 Å². The highest BCUT2D eigenvalue weighted by Gasteiger charge is 2.22. The van der Waals surface area contributed by atoms with Crippen molar-refractivity contribution in [1.82, 2.24) is 20.3 Å². The van der Waals surface area contributed by atoms with Crippen LogP contribution in [0.3, 0.4) is 0 Å². The normalized spacial score (nSPS) is 15.4. The summed E-state index contributed by atoms with van der Waals surface area (Å²) < 4.78 is 0. The largest absolute Gasteiger partial charge is 0.336 e. The number of aromatic amines is 1. The van der Waals surface area contributed by atoms with Crippen molar-refractivity contribution < 1.29 is 4.79 Å². The number of nitrogens with zero attached hydrogens (tertiary/aromatic N) is 3. The van der Waals surface area contributed by atoms with Gasteiger partial charge in [-0.2, -0.15) is 15.4 Å². The van der Waals surface area contributed by atoms with Crippen LogP contribution in [0.1, 0.15) is 17.8 Å². The van der Waals surface area contributed by atoms with Crippen LogP contribution in [0.25, 0.3) is 0 Å². The Morgan fingerprint density at radius 2 is 2.29 bits per heavy atom. The van der Waals surface area contributed by atoms with E-state index in [9.17, 15) is 4.79 Å². The molecule has 0 unspecified atom stereocenters. The fourth-order valence-corrected chi connectivity index (χ4v) is 1.72. The predicted octanol–water partition coefficient (Wildman–Crippen LogP) is 0.318. The van der Waals surface area contributed by atoms with Gasteiger partial charge in [-0.3, -0.25) is 4.79 Å². The Hall–Kier alpha value is -1.10. The van der Waals surface area contributed by atoms with Crippen LogP contribution in [0, 0.1) is 0 Å². The molecular formula is C8H11ClN4O. The number of aromatic nitrogens is 3. The zero-order valence-electron chi connectivity index (χ0n) is 7.66. The first-order valence-electron chi connectivity index (χ1n) is 4.53. The molecule has 1 aromatic rings. The molecule has 14 heavy (non-hydrogen) atoms. The Bertz CT molecular complexity index is 338. The van der Waals surface area contributed by atoms with Crippen molar-refractivity contribution in [3.63, 3.8) is 0 Å². The topological polar surface area (TPSA) is 61.9 Å². The fourth-order valence-electron chi connectivity index (χ4n) is 1.55. The zero-order valence-corrected chi connectivity index (χ0v) is 8.42. The lowest BCUT2D eigenvalue weighted by molar-refractivity contribution is -0.131. The summed E-state index contributed by atoms with van der Waals surface area (Å²) in [7, 11) is 0. The molecule has 6 heteroatoms. The summed E-state index contributed by atoms with van der Waals surface area (Å²) in [4.78, 5) is 13.3. The minimum atomic E-state index is 0.0913. The van der Waals surface area contributed by atoms with Crippen molar-refractivity contribution in [2.45, 2.75) is 19.4 Å². The van der Waals surface area contributed by atoms with Gasteiger partial charge >= 0.3 is 0 Å². The van der Waals surface area contributed by atoms with E-state index in [1.54, 1.807) is 4.90 Å². The van der Waals surface area contributed by atoms with Gasteiger partial charge in [0.05, 0.1) is 12.2 Å². The van der Waals surface area contributed by atoms with E-state index in [0.29, 0.717) is 18.8 Å². The summed E-state index contributed by atoms with van der Waals surface area (Å²) in [5, 5.41) is 10.6. The van der Waals surface area contributed by atoms with E-state index in [2.05, 4.69) is 15.4 Å². The van der Waals surface area contributed by atoms with E-state index < -0.39 is 0 Å². The second kappa shape index (κ2) is 3.96. The van der Waals surface area contributed by atoms with Crippen LogP contribution in [-0.2, 0) is 17.8 Å². The Balaban J connectivity index is 2.04. The molecule has 0 radical (unpaired) electrons. The molecule has 5 nitrogen and oxygen atoms in total. The van der Waals surface area contributed by atoms with Gasteiger partial charge in [0.2, 0.25) is 5.91 Å². The SMILES string of the molecule is O=C(CCCl)N1CCc2n[nH]nc2C1. The molecule has 76 valence electrons. The number of carbonyl (C=O) groups excluding carboxylic acids is 1. The van der Waals surface area contributed by atoms with Crippen LogP contribution in [0.4, 0.5) is 0 Å². The van der Waals surface area contributed by atoms with Gasteiger partial charge in [-0.15, -0.1) is 11.6 Å². The summed E-state index contributed by atoms with van der Waals surface area (Å²) in [6.07, 6.45) is 1.18. The molecule has 1 aromatic heterocycles. The Morgan fingerprint density at radius 3 is 3.07 bits per heavy atom. The number of rotatable bonds is 2. The average molecular weight is 215 g/mol. The number of halogens is 1. The van der Waals surface area contributed by atoms with Gasteiger partial charge in [0, 0.05) is 25.3 Å². The van der Waals surface area contributed by atoms with Gasteiger partial charge in [-0.25, -0.2) is 0 Å². The summed E-state index contributed by atoms with van der Waals surface area (Å²) in [6, 6.07) is 0. The van der Waals surface area contributed by atoms with Crippen molar-refractivity contribution in [3.8, 4) is 0 Å². The number of carbonyl (C=O) groups is 1. The first-order valence-corrected chi connectivity index (χ1v) is 5.07. The van der Waals surface area contributed by atoms with Crippen LogP contribution in [0.5, 0.6) is 0 Å². The molecule has 0 bridgehead atoms. The molecule has 0 spiro atoms. The standard InChI is InChI=1S/C8H11ClN4O/c9-3-1-8(14)13-4-2-6-7(5-13)11-12-10-6/h1-5H2,(H,10,11,12). The molecule has 0 aromatic carbocycles. The monoisotopic (exact) mass is 214 g/mol. The Kier molecular flexibility index (Phi) is 2.67. The van der Waals surface area contributed by atoms with Gasteiger partial charge < -0.3 is 4.90 Å². The van der Waals surface area contributed by atoms with Crippen molar-refractivity contribution in [2.75, 3.05) is 12.4 Å². The molecule has 0 atom stereocenters. The van der Waals surface area contributed by atoms with Gasteiger partial charge in [0.15, 0.2) is 0 Å². The third kappa shape index (κ3) is 1.72. The van der Waals surface area contributed by atoms with Crippen LogP contribution >= 0.6 is 11.6 Å². The highest BCUT2D eigenvalue weighted by atomic mass is 35.5. The molecule has 0 saturated heterocycles. The van der Waals surface area contributed by atoms with Crippen molar-refractivity contribution in [3.05, 3.63) is 11.4 Å². The first kappa shape index (κ1) is 9.45. The summed E-state index contributed by atoms with van der Waals surface area (Å²) in [5.74, 6) is 0.467. The Morgan fingerprint density at radius 1 is 1.50 bits per heavy atom. The highest BCUT2D eigenvalue weighted by molar-refractivity contribution is 6.18. The molecular weight excluding hydrogens is 204 g/mol. The molecule has 2 rings (SSSR count). The number of alkyl halides is 1. The van der Waals surface area contributed by atoms with Gasteiger partial charge in [0.25, 0.3) is 0 Å². The average Bonchev–Trinajstić information content (AvgIpc) is 2.64. The quantitative estimate of drug-likeness (QED) is 0.722. The molecule has 0 fully saturated rings. The van der Waals surface area contributed by atoms with Crippen LogP contribution in [0.15, 0.2) is 0 Å². The van der Waals surface area contributed by atoms with Crippen molar-refractivity contribution >= 4 is 17.5 Å². The lowest BCUT2D eigenvalue weighted by Gasteiger charge is -2.25. The van der Waals surface area contributed by atoms with Crippen molar-refractivity contribution in [2.24, 2.45) is 0 Å². The van der Waals surface area contributed by atoms with Gasteiger partial charge in [0.1, 0.15) is 5.69 Å². The second-order valence-electron chi connectivity index (χ2n) is 3.22. The van der Waals surface area contributed by atoms with E-state index in [1.165, 1.54) is 0 Å². The number of hydrogen-bond acceptors (Lipinski definition) is 3. The van der Waals surface area contributed by atoms with E-state index in [1.807, 2.05) is 0 Å². The van der Waals surface area contributed by atoms with E-state index >= 15 is 0 Å². The maximum atomic E-state index is 11.5. The number of amides is 1. The number of nitrogens with one attached hydrogen (secondary N) is 1. The number of hydrogen-bond donors (Lipinski definition) is 1. The second-order valence-corrected chi connectivity index (χ2v) is 3.60. The molecule has 1 N–H and O–H groups in total. The predicted molar refractivity (Wildman–Crippen MR) is 50.8 cm³/mol. The third-order valence-electron chi connectivity index (χ3n) is 2.32. The molecule has 1 amide bonds.